The van der Waals surface area contributed by atoms with Crippen LogP contribution < -0.4 is 19.1 Å². The second-order valence-electron chi connectivity index (χ2n) is 8.39. The SMILES string of the molecule is COc1ccc2nccc(C=CCN(C[C@@H]3CN(c4ccc5c(c4)OCCO5)C(=O)O3)C(C)=O)c2n1. The number of nitrogens with zero attached hydrogens (tertiary/aromatic N) is 4. The molecule has 1 fully saturated rings. The van der Waals surface area contributed by atoms with E-state index in [2.05, 4.69) is 9.97 Å². The van der Waals surface area contributed by atoms with E-state index in [1.54, 1.807) is 47.4 Å². The van der Waals surface area contributed by atoms with Crippen molar-refractivity contribution >= 4 is 34.8 Å². The third-order valence-electron chi connectivity index (χ3n) is 6.00. The van der Waals surface area contributed by atoms with Gasteiger partial charge in [0.2, 0.25) is 11.8 Å². The highest BCUT2D eigenvalue weighted by Gasteiger charge is 2.34. The zero-order valence-corrected chi connectivity index (χ0v) is 20.0. The van der Waals surface area contributed by atoms with Crippen LogP contribution in [0.4, 0.5) is 10.5 Å². The first-order chi connectivity index (χ1) is 17.5. The van der Waals surface area contributed by atoms with Crippen molar-refractivity contribution in [3.05, 3.63) is 54.2 Å². The van der Waals surface area contributed by atoms with Gasteiger partial charge in [-0.3, -0.25) is 14.7 Å². The van der Waals surface area contributed by atoms with Crippen LogP contribution >= 0.6 is 0 Å². The van der Waals surface area contributed by atoms with Crippen LogP contribution in [0.1, 0.15) is 12.5 Å². The molecule has 0 radical (unpaired) electrons. The Morgan fingerprint density at radius 2 is 2.03 bits per heavy atom. The Morgan fingerprint density at radius 3 is 2.83 bits per heavy atom. The predicted octanol–water partition coefficient (Wildman–Crippen LogP) is 3.30. The van der Waals surface area contributed by atoms with Gasteiger partial charge in [-0.2, -0.15) is 0 Å². The highest BCUT2D eigenvalue weighted by atomic mass is 16.6. The molecule has 186 valence electrons. The lowest BCUT2D eigenvalue weighted by atomic mass is 10.2. The number of pyridine rings is 2. The van der Waals surface area contributed by atoms with Crippen LogP contribution in [0.5, 0.6) is 17.4 Å². The predicted molar refractivity (Wildman–Crippen MR) is 132 cm³/mol. The van der Waals surface area contributed by atoms with Crippen LogP contribution in [-0.2, 0) is 9.53 Å². The average Bonchev–Trinajstić information content (AvgIpc) is 3.27. The molecule has 1 atom stereocenters. The lowest BCUT2D eigenvalue weighted by Crippen LogP contribution is -2.38. The van der Waals surface area contributed by atoms with Crippen LogP contribution in [0.15, 0.2) is 48.7 Å². The normalized spacial score (nSPS) is 16.9. The van der Waals surface area contributed by atoms with E-state index in [-0.39, 0.29) is 12.5 Å². The number of aromatic nitrogens is 2. The molecule has 0 unspecified atom stereocenters. The number of cyclic esters (lactones) is 1. The van der Waals surface area contributed by atoms with Gasteiger partial charge in [0, 0.05) is 37.4 Å². The summed E-state index contributed by atoms with van der Waals surface area (Å²) < 4.78 is 22.0. The fraction of sp³-hybridized carbons (Fsp3) is 0.308. The first kappa shape index (κ1) is 23.4. The Kier molecular flexibility index (Phi) is 6.57. The Balaban J connectivity index is 1.25. The van der Waals surface area contributed by atoms with Crippen molar-refractivity contribution in [3.8, 4) is 17.4 Å². The molecule has 0 aliphatic carbocycles. The summed E-state index contributed by atoms with van der Waals surface area (Å²) >= 11 is 0. The van der Waals surface area contributed by atoms with Crippen molar-refractivity contribution in [2.75, 3.05) is 44.9 Å². The molecule has 10 nitrogen and oxygen atoms in total. The lowest BCUT2D eigenvalue weighted by Gasteiger charge is -2.22. The number of ether oxygens (including phenoxy) is 4. The number of methoxy groups -OCH3 is 1. The molecule has 1 saturated heterocycles. The summed E-state index contributed by atoms with van der Waals surface area (Å²) in [6.45, 7) is 3.40. The lowest BCUT2D eigenvalue weighted by molar-refractivity contribution is -0.129. The first-order valence-electron chi connectivity index (χ1n) is 11.6. The molecule has 0 saturated carbocycles. The summed E-state index contributed by atoms with van der Waals surface area (Å²) in [7, 11) is 1.57. The second kappa shape index (κ2) is 10.1. The van der Waals surface area contributed by atoms with E-state index in [9.17, 15) is 9.59 Å². The molecular weight excluding hydrogens is 464 g/mol. The molecule has 2 aliphatic rings. The first-order valence-corrected chi connectivity index (χ1v) is 11.6. The number of fused-ring (bicyclic) bond motifs is 2. The molecule has 10 heteroatoms. The van der Waals surface area contributed by atoms with Gasteiger partial charge >= 0.3 is 6.09 Å². The Bertz CT molecular complexity index is 1330. The Hall–Kier alpha value is -4.34. The largest absolute Gasteiger partial charge is 0.486 e. The fourth-order valence-electron chi connectivity index (χ4n) is 4.19. The number of carbonyl (C=O) groups excluding carboxylic acids is 2. The van der Waals surface area contributed by atoms with E-state index >= 15 is 0 Å². The van der Waals surface area contributed by atoms with Gasteiger partial charge in [-0.15, -0.1) is 0 Å². The maximum Gasteiger partial charge on any atom is 0.414 e. The van der Waals surface area contributed by atoms with Crippen molar-refractivity contribution in [1.29, 1.82) is 0 Å². The van der Waals surface area contributed by atoms with E-state index in [0.717, 1.165) is 11.1 Å². The van der Waals surface area contributed by atoms with E-state index in [1.165, 1.54) is 6.92 Å². The Morgan fingerprint density at radius 1 is 1.19 bits per heavy atom. The third-order valence-corrected chi connectivity index (χ3v) is 6.00. The number of anilines is 1. The molecule has 2 aromatic heterocycles. The van der Waals surface area contributed by atoms with Crippen LogP contribution in [0.2, 0.25) is 0 Å². The van der Waals surface area contributed by atoms with Crippen LogP contribution in [0, 0.1) is 0 Å². The van der Waals surface area contributed by atoms with Crippen molar-refractivity contribution < 1.29 is 28.5 Å². The van der Waals surface area contributed by atoms with Crippen molar-refractivity contribution in [2.45, 2.75) is 13.0 Å². The smallest absolute Gasteiger partial charge is 0.414 e. The van der Waals surface area contributed by atoms with Gasteiger partial charge in [0.1, 0.15) is 19.3 Å². The summed E-state index contributed by atoms with van der Waals surface area (Å²) in [5.74, 6) is 1.63. The maximum absolute atomic E-state index is 12.6. The number of amides is 2. The van der Waals surface area contributed by atoms with Crippen LogP contribution in [0.25, 0.3) is 17.1 Å². The highest BCUT2D eigenvalue weighted by molar-refractivity contribution is 5.90. The van der Waals surface area contributed by atoms with Crippen molar-refractivity contribution in [3.63, 3.8) is 0 Å². The summed E-state index contributed by atoms with van der Waals surface area (Å²) in [5.41, 5.74) is 2.98. The molecule has 2 aliphatic heterocycles. The minimum atomic E-state index is -0.462. The zero-order valence-electron chi connectivity index (χ0n) is 20.0. The third kappa shape index (κ3) is 4.88. The van der Waals surface area contributed by atoms with Crippen molar-refractivity contribution in [2.24, 2.45) is 0 Å². The minimum absolute atomic E-state index is 0.118. The molecule has 0 bridgehead atoms. The van der Waals surface area contributed by atoms with Gasteiger partial charge in [-0.1, -0.05) is 12.2 Å². The van der Waals surface area contributed by atoms with E-state index < -0.39 is 12.2 Å². The molecule has 0 spiro atoms. The van der Waals surface area contributed by atoms with Crippen molar-refractivity contribution in [1.82, 2.24) is 14.9 Å². The van der Waals surface area contributed by atoms with Crippen LogP contribution in [0.3, 0.4) is 0 Å². The molecule has 4 heterocycles. The molecule has 0 N–H and O–H groups in total. The second-order valence-corrected chi connectivity index (χ2v) is 8.39. The number of rotatable bonds is 7. The van der Waals surface area contributed by atoms with Gasteiger partial charge in [-0.25, -0.2) is 9.78 Å². The highest BCUT2D eigenvalue weighted by Crippen LogP contribution is 2.35. The van der Waals surface area contributed by atoms with Crippen LogP contribution in [-0.4, -0.2) is 72.9 Å². The van der Waals surface area contributed by atoms with E-state index in [1.807, 2.05) is 24.3 Å². The number of benzene rings is 1. The zero-order chi connectivity index (χ0) is 25.1. The molecule has 5 rings (SSSR count). The Labute approximate surface area is 208 Å². The molecule has 3 aromatic rings. The molecule has 2 amide bonds. The maximum atomic E-state index is 12.6. The molecule has 1 aromatic carbocycles. The van der Waals surface area contributed by atoms with Gasteiger partial charge in [0.05, 0.1) is 36.9 Å². The minimum Gasteiger partial charge on any atom is -0.486 e. The number of carbonyl (C=O) groups is 2. The van der Waals surface area contributed by atoms with Gasteiger partial charge in [0.25, 0.3) is 0 Å². The summed E-state index contributed by atoms with van der Waals surface area (Å²) in [6, 6.07) is 10.8. The van der Waals surface area contributed by atoms with E-state index in [0.29, 0.717) is 54.9 Å². The molecular formula is C26H26N4O6. The fourth-order valence-corrected chi connectivity index (χ4v) is 4.19. The number of hydrogen-bond donors (Lipinski definition) is 0. The van der Waals surface area contributed by atoms with Gasteiger partial charge < -0.3 is 23.8 Å². The summed E-state index contributed by atoms with van der Waals surface area (Å²) in [5, 5.41) is 0. The quantitative estimate of drug-likeness (QED) is 0.497. The monoisotopic (exact) mass is 490 g/mol. The summed E-state index contributed by atoms with van der Waals surface area (Å²) in [6.07, 6.45) is 4.57. The standard InChI is InChI=1S/C26H26N4O6/c1-17(31)29(11-3-4-18-9-10-27-21-6-8-24(33-2)28-25(18)21)15-20-16-30(26(32)36-20)19-5-7-22-23(14-19)35-13-12-34-22/h3-10,14,20H,11-13,15-16H2,1-2H3/t20-/m1/s1. The summed E-state index contributed by atoms with van der Waals surface area (Å²) in [4.78, 5) is 36.9. The van der Waals surface area contributed by atoms with Gasteiger partial charge in [-0.05, 0) is 24.3 Å². The topological polar surface area (TPSA) is 103 Å². The number of hydrogen-bond acceptors (Lipinski definition) is 8. The van der Waals surface area contributed by atoms with E-state index in [4.69, 9.17) is 18.9 Å². The van der Waals surface area contributed by atoms with Gasteiger partial charge in [0.15, 0.2) is 11.5 Å². The average molecular weight is 491 g/mol. The molecule has 36 heavy (non-hydrogen) atoms.